The van der Waals surface area contributed by atoms with Gasteiger partial charge >= 0.3 is 0 Å². The minimum atomic E-state index is -0.0734. The van der Waals surface area contributed by atoms with Crippen LogP contribution in [0, 0.1) is 0 Å². The fraction of sp³-hybridized carbons (Fsp3) is 0.265. The molecule has 0 aliphatic carbocycles. The fourth-order valence-corrected chi connectivity index (χ4v) is 8.88. The van der Waals surface area contributed by atoms with Crippen molar-refractivity contribution in [2.75, 3.05) is 5.75 Å². The van der Waals surface area contributed by atoms with E-state index in [2.05, 4.69) is 146 Å². The highest BCUT2D eigenvalue weighted by atomic mass is 32.2. The molecule has 6 aromatic carbocycles. The summed E-state index contributed by atoms with van der Waals surface area (Å²) in [7, 11) is 0. The van der Waals surface area contributed by atoms with Crippen LogP contribution < -0.4 is 0 Å². The molecule has 0 radical (unpaired) electrons. The Hall–Kier alpha value is -4.38. The van der Waals surface area contributed by atoms with E-state index in [4.69, 9.17) is 0 Å². The second kappa shape index (κ2) is 16.3. The molecular weight excluding hydrogens is 685 g/mol. The molecule has 272 valence electrons. The van der Waals surface area contributed by atoms with Crippen molar-refractivity contribution in [2.45, 2.75) is 87.2 Å². The van der Waals surface area contributed by atoms with Crippen molar-refractivity contribution in [2.24, 2.45) is 0 Å². The van der Waals surface area contributed by atoms with Crippen molar-refractivity contribution in [3.05, 3.63) is 145 Å². The molecule has 0 aliphatic rings. The third-order valence-corrected chi connectivity index (χ3v) is 12.2. The largest absolute Gasteiger partial charge is 0.507 e. The molecule has 0 bridgehead atoms. The molecule has 1 unspecified atom stereocenters. The number of phenols is 2. The summed E-state index contributed by atoms with van der Waals surface area (Å²) >= 11 is 3.75. The van der Waals surface area contributed by atoms with Crippen molar-refractivity contribution in [3.63, 3.8) is 0 Å². The molecule has 0 heterocycles. The van der Waals surface area contributed by atoms with Crippen molar-refractivity contribution in [1.82, 2.24) is 0 Å². The summed E-state index contributed by atoms with van der Waals surface area (Å²) in [5.74, 6) is 1.63. The van der Waals surface area contributed by atoms with Crippen LogP contribution in [0.3, 0.4) is 0 Å². The summed E-state index contributed by atoms with van der Waals surface area (Å²) in [6, 6.07) is 46.0. The van der Waals surface area contributed by atoms with E-state index in [-0.39, 0.29) is 10.8 Å². The first-order chi connectivity index (χ1) is 25.3. The molecule has 0 saturated heterocycles. The zero-order chi connectivity index (χ0) is 37.8. The predicted octanol–water partition coefficient (Wildman–Crippen LogP) is 14.4. The molecule has 6 rings (SSSR count). The third-order valence-electron chi connectivity index (χ3n) is 9.82. The van der Waals surface area contributed by atoms with Gasteiger partial charge in [-0.1, -0.05) is 146 Å². The quantitative estimate of drug-likeness (QED) is 0.103. The first-order valence-corrected chi connectivity index (χ1v) is 20.5. The Balaban J connectivity index is 1.20. The summed E-state index contributed by atoms with van der Waals surface area (Å²) in [4.78, 5) is 2.36. The predicted molar refractivity (Wildman–Crippen MR) is 231 cm³/mol. The van der Waals surface area contributed by atoms with Gasteiger partial charge in [-0.15, -0.1) is 23.5 Å². The zero-order valence-corrected chi connectivity index (χ0v) is 33.7. The van der Waals surface area contributed by atoms with E-state index < -0.39 is 0 Å². The van der Waals surface area contributed by atoms with Crippen LogP contribution in [0.1, 0.15) is 72.4 Å². The molecule has 0 saturated carbocycles. The van der Waals surface area contributed by atoms with Gasteiger partial charge in [0.25, 0.3) is 0 Å². The Bertz CT molecular complexity index is 2160. The lowest BCUT2D eigenvalue weighted by molar-refractivity contribution is 0.477. The van der Waals surface area contributed by atoms with Crippen LogP contribution >= 0.6 is 23.5 Å². The molecular formula is C49H52O2S2. The first-order valence-electron chi connectivity index (χ1n) is 18.7. The van der Waals surface area contributed by atoms with E-state index in [0.717, 1.165) is 63.1 Å². The number of hydrogen-bond acceptors (Lipinski definition) is 4. The van der Waals surface area contributed by atoms with E-state index >= 15 is 0 Å². The van der Waals surface area contributed by atoms with Crippen LogP contribution in [0.4, 0.5) is 0 Å². The summed E-state index contributed by atoms with van der Waals surface area (Å²) in [5.41, 5.74) is 9.93. The molecule has 2 nitrogen and oxygen atoms in total. The maximum Gasteiger partial charge on any atom is 0.131 e. The highest BCUT2D eigenvalue weighted by Gasteiger charge is 2.23. The molecule has 0 aliphatic heterocycles. The average Bonchev–Trinajstić information content (AvgIpc) is 3.14. The number of phenolic OH excluding ortho intramolecular Hbond substituents is 2. The highest BCUT2D eigenvalue weighted by molar-refractivity contribution is 8.00. The number of aromatic hydroxyl groups is 2. The highest BCUT2D eigenvalue weighted by Crippen LogP contribution is 2.47. The molecule has 0 fully saturated rings. The van der Waals surface area contributed by atoms with Crippen LogP contribution in [-0.2, 0) is 10.8 Å². The van der Waals surface area contributed by atoms with E-state index in [1.165, 1.54) is 20.9 Å². The maximum atomic E-state index is 11.7. The van der Waals surface area contributed by atoms with Gasteiger partial charge in [-0.3, -0.25) is 0 Å². The third kappa shape index (κ3) is 9.05. The lowest BCUT2D eigenvalue weighted by atomic mass is 9.82. The monoisotopic (exact) mass is 736 g/mol. The summed E-state index contributed by atoms with van der Waals surface area (Å²) < 4.78 is 0. The number of benzene rings is 6. The topological polar surface area (TPSA) is 40.5 Å². The maximum absolute atomic E-state index is 11.7. The Labute approximate surface area is 325 Å². The second-order valence-corrected chi connectivity index (χ2v) is 18.6. The van der Waals surface area contributed by atoms with Gasteiger partial charge in [0.15, 0.2) is 0 Å². The van der Waals surface area contributed by atoms with Gasteiger partial charge in [0.2, 0.25) is 0 Å². The van der Waals surface area contributed by atoms with E-state index in [1.54, 1.807) is 0 Å². The normalized spacial score (nSPS) is 12.5. The van der Waals surface area contributed by atoms with Crippen LogP contribution in [0.15, 0.2) is 143 Å². The van der Waals surface area contributed by atoms with E-state index in [1.807, 2.05) is 59.9 Å². The second-order valence-electron chi connectivity index (χ2n) is 16.0. The van der Waals surface area contributed by atoms with Crippen molar-refractivity contribution < 1.29 is 10.2 Å². The Kier molecular flexibility index (Phi) is 11.8. The Morgan fingerprint density at radius 3 is 1.36 bits per heavy atom. The number of hydrogen-bond donors (Lipinski definition) is 2. The van der Waals surface area contributed by atoms with Gasteiger partial charge in [-0.05, 0) is 99.2 Å². The molecule has 0 amide bonds. The molecule has 1 atom stereocenters. The molecule has 0 aromatic heterocycles. The van der Waals surface area contributed by atoms with Crippen molar-refractivity contribution in [3.8, 4) is 56.0 Å². The van der Waals surface area contributed by atoms with E-state index in [9.17, 15) is 10.2 Å². The van der Waals surface area contributed by atoms with Crippen molar-refractivity contribution >= 4 is 23.5 Å². The Morgan fingerprint density at radius 2 is 0.887 bits per heavy atom. The standard InChI is InChI=1S/C49H52O2S2/c1-33(53-45-27-17-15-25-39(45)43-32-37(49(5,6)7)30-41(47(43)51)35-22-12-9-13-23-35)19-18-28-52-44-26-16-14-24-38(44)42-31-36(48(2,3)4)29-40(46(42)50)34-20-10-8-11-21-34/h8-17,20-27,29-33,50-51H,18-19,28H2,1-7H3. The smallest absolute Gasteiger partial charge is 0.131 e. The van der Waals surface area contributed by atoms with Crippen LogP contribution in [0.25, 0.3) is 44.5 Å². The van der Waals surface area contributed by atoms with Crippen LogP contribution in [-0.4, -0.2) is 21.2 Å². The van der Waals surface area contributed by atoms with Gasteiger partial charge in [-0.25, -0.2) is 0 Å². The fourth-order valence-electron chi connectivity index (χ4n) is 6.66. The molecule has 4 heteroatoms. The average molecular weight is 737 g/mol. The zero-order valence-electron chi connectivity index (χ0n) is 32.1. The first kappa shape index (κ1) is 38.3. The molecule has 2 N–H and O–H groups in total. The van der Waals surface area contributed by atoms with Gasteiger partial charge in [0.1, 0.15) is 11.5 Å². The lowest BCUT2D eigenvalue weighted by Crippen LogP contribution is -2.11. The Morgan fingerprint density at radius 1 is 0.491 bits per heavy atom. The van der Waals surface area contributed by atoms with Crippen molar-refractivity contribution in [1.29, 1.82) is 0 Å². The van der Waals surface area contributed by atoms with Crippen LogP contribution in [0.2, 0.25) is 0 Å². The molecule has 0 spiro atoms. The number of rotatable bonds is 11. The van der Waals surface area contributed by atoms with Crippen LogP contribution in [0.5, 0.6) is 11.5 Å². The summed E-state index contributed by atoms with van der Waals surface area (Å²) in [6.07, 6.45) is 2.11. The minimum absolute atomic E-state index is 0.0706. The summed E-state index contributed by atoms with van der Waals surface area (Å²) in [6.45, 7) is 15.7. The molecule has 6 aromatic rings. The van der Waals surface area contributed by atoms with Gasteiger partial charge in [-0.2, -0.15) is 0 Å². The summed E-state index contributed by atoms with van der Waals surface area (Å²) in [5, 5.41) is 23.8. The SMILES string of the molecule is CC(CCCSc1ccccc1-c1cc(C(C)(C)C)cc(-c2ccccc2)c1O)Sc1ccccc1-c1cc(C(C)(C)C)cc(-c2ccccc2)c1O. The van der Waals surface area contributed by atoms with Gasteiger partial charge < -0.3 is 10.2 Å². The lowest BCUT2D eigenvalue weighted by Gasteiger charge is -2.24. The number of thioether (sulfide) groups is 2. The van der Waals surface area contributed by atoms with Gasteiger partial charge in [0.05, 0.1) is 0 Å². The van der Waals surface area contributed by atoms with E-state index in [0.29, 0.717) is 16.7 Å². The van der Waals surface area contributed by atoms with Gasteiger partial charge in [0, 0.05) is 37.3 Å². The molecule has 53 heavy (non-hydrogen) atoms. The minimum Gasteiger partial charge on any atom is -0.507 e.